The molecule has 178 valence electrons. The van der Waals surface area contributed by atoms with E-state index in [0.717, 1.165) is 4.90 Å². The predicted octanol–water partition coefficient (Wildman–Crippen LogP) is 5.72. The van der Waals surface area contributed by atoms with Crippen molar-refractivity contribution in [3.8, 4) is 0 Å². The van der Waals surface area contributed by atoms with Gasteiger partial charge in [0.15, 0.2) is 0 Å². The first kappa shape index (κ1) is 23.9. The van der Waals surface area contributed by atoms with Crippen LogP contribution in [0.25, 0.3) is 0 Å². The molecule has 1 saturated heterocycles. The molecule has 0 bridgehead atoms. The molecular formula is C27H22Cl3N3O2. The molecule has 1 fully saturated rings. The topological polar surface area (TPSA) is 43.9 Å². The van der Waals surface area contributed by atoms with Crippen LogP contribution in [0.2, 0.25) is 10.0 Å². The maximum Gasteiger partial charge on any atom is 0.283 e. The Kier molecular flexibility index (Phi) is 6.85. The van der Waals surface area contributed by atoms with Gasteiger partial charge in [-0.25, -0.2) is 4.90 Å². The zero-order chi connectivity index (χ0) is 24.5. The van der Waals surface area contributed by atoms with E-state index in [-0.39, 0.29) is 21.8 Å². The van der Waals surface area contributed by atoms with Crippen molar-refractivity contribution in [1.82, 2.24) is 9.80 Å². The van der Waals surface area contributed by atoms with E-state index < -0.39 is 11.8 Å². The van der Waals surface area contributed by atoms with Crippen LogP contribution in [0.5, 0.6) is 0 Å². The average molecular weight is 527 g/mol. The summed E-state index contributed by atoms with van der Waals surface area (Å²) in [5, 5.41) is 0.532. The minimum Gasteiger partial charge on any atom is -0.363 e. The number of halogens is 3. The highest BCUT2D eigenvalue weighted by Crippen LogP contribution is 2.36. The van der Waals surface area contributed by atoms with Crippen molar-refractivity contribution in [2.45, 2.75) is 6.04 Å². The number of nitrogens with zero attached hydrogens (tertiary/aromatic N) is 3. The van der Waals surface area contributed by atoms with E-state index in [4.69, 9.17) is 34.8 Å². The van der Waals surface area contributed by atoms with E-state index in [0.29, 0.717) is 36.9 Å². The fourth-order valence-electron chi connectivity index (χ4n) is 4.71. The lowest BCUT2D eigenvalue weighted by molar-refractivity contribution is -0.121. The molecule has 2 amide bonds. The second kappa shape index (κ2) is 10.0. The van der Waals surface area contributed by atoms with Crippen LogP contribution >= 0.6 is 34.8 Å². The van der Waals surface area contributed by atoms with E-state index in [9.17, 15) is 9.59 Å². The Morgan fingerprint density at radius 1 is 0.657 bits per heavy atom. The van der Waals surface area contributed by atoms with Gasteiger partial charge in [-0.15, -0.1) is 0 Å². The van der Waals surface area contributed by atoms with Gasteiger partial charge in [0.25, 0.3) is 11.8 Å². The van der Waals surface area contributed by atoms with Gasteiger partial charge in [0, 0.05) is 26.2 Å². The van der Waals surface area contributed by atoms with Crippen molar-refractivity contribution in [3.05, 3.63) is 111 Å². The Balaban J connectivity index is 1.36. The number of hydrogen-bond donors (Lipinski definition) is 0. The van der Waals surface area contributed by atoms with Crippen LogP contribution in [-0.2, 0) is 9.59 Å². The molecule has 0 radical (unpaired) electrons. The first-order valence-electron chi connectivity index (χ1n) is 11.3. The van der Waals surface area contributed by atoms with Gasteiger partial charge in [-0.1, -0.05) is 95.5 Å². The highest BCUT2D eigenvalue weighted by molar-refractivity contribution is 6.52. The smallest absolute Gasteiger partial charge is 0.283 e. The summed E-state index contributed by atoms with van der Waals surface area (Å²) in [4.78, 5) is 31.6. The lowest BCUT2D eigenvalue weighted by Crippen LogP contribution is -2.48. The van der Waals surface area contributed by atoms with Gasteiger partial charge in [-0.3, -0.25) is 14.5 Å². The number of carbonyl (C=O) groups excluding carboxylic acids is 2. The first-order valence-corrected chi connectivity index (χ1v) is 12.4. The zero-order valence-corrected chi connectivity index (χ0v) is 21.0. The van der Waals surface area contributed by atoms with E-state index in [1.165, 1.54) is 17.2 Å². The van der Waals surface area contributed by atoms with Crippen LogP contribution in [0.3, 0.4) is 0 Å². The number of imide groups is 1. The van der Waals surface area contributed by atoms with Gasteiger partial charge in [0.2, 0.25) is 0 Å². The standard InChI is InChI=1S/C27H22Cl3N3O2/c28-21-12-11-20(17-22(21)29)33-26(34)23(30)25(27(33)35)32-15-13-31(14-16-32)24(18-7-3-1-4-8-18)19-9-5-2-6-10-19/h1-12,17,24H,13-16H2. The SMILES string of the molecule is O=C1C(Cl)=C(N2CCN(C(c3ccccc3)c3ccccc3)CC2)C(=O)N1c1ccc(Cl)c(Cl)c1. The van der Waals surface area contributed by atoms with Crippen molar-refractivity contribution >= 4 is 52.3 Å². The molecule has 2 aliphatic heterocycles. The third-order valence-electron chi connectivity index (χ3n) is 6.39. The second-order valence-corrected chi connectivity index (χ2v) is 9.65. The number of anilines is 1. The van der Waals surface area contributed by atoms with Crippen molar-refractivity contribution in [3.63, 3.8) is 0 Å². The molecule has 2 aliphatic rings. The Morgan fingerprint density at radius 2 is 1.23 bits per heavy atom. The minimum atomic E-state index is -0.557. The highest BCUT2D eigenvalue weighted by Gasteiger charge is 2.42. The largest absolute Gasteiger partial charge is 0.363 e. The molecule has 0 N–H and O–H groups in total. The molecular weight excluding hydrogens is 505 g/mol. The average Bonchev–Trinajstić information content (AvgIpc) is 3.11. The first-order chi connectivity index (χ1) is 17.0. The third-order valence-corrected chi connectivity index (χ3v) is 7.47. The van der Waals surface area contributed by atoms with Crippen molar-refractivity contribution in [1.29, 1.82) is 0 Å². The Hall–Kier alpha value is -2.83. The van der Waals surface area contributed by atoms with Gasteiger partial charge in [0.1, 0.15) is 10.7 Å². The molecule has 3 aromatic rings. The summed E-state index contributed by atoms with van der Waals surface area (Å²) in [6, 6.07) is 25.5. The third kappa shape index (κ3) is 4.57. The summed E-state index contributed by atoms with van der Waals surface area (Å²) >= 11 is 18.5. The van der Waals surface area contributed by atoms with E-state index in [1.54, 1.807) is 12.1 Å². The number of benzene rings is 3. The van der Waals surface area contributed by atoms with Crippen LogP contribution in [0.15, 0.2) is 89.6 Å². The number of rotatable bonds is 5. The molecule has 0 aliphatic carbocycles. The fourth-order valence-corrected chi connectivity index (χ4v) is 5.29. The summed E-state index contributed by atoms with van der Waals surface area (Å²) in [5.41, 5.74) is 3.00. The van der Waals surface area contributed by atoms with Crippen LogP contribution in [0, 0.1) is 0 Å². The highest BCUT2D eigenvalue weighted by atomic mass is 35.5. The van der Waals surface area contributed by atoms with Gasteiger partial charge < -0.3 is 4.90 Å². The van der Waals surface area contributed by atoms with Gasteiger partial charge >= 0.3 is 0 Å². The molecule has 5 rings (SSSR count). The summed E-state index contributed by atoms with van der Waals surface area (Å²) in [7, 11) is 0. The van der Waals surface area contributed by atoms with Gasteiger partial charge in [0.05, 0.1) is 21.8 Å². The Morgan fingerprint density at radius 3 is 1.77 bits per heavy atom. The van der Waals surface area contributed by atoms with Crippen LogP contribution in [0.1, 0.15) is 17.2 Å². The quantitative estimate of drug-likeness (QED) is 0.399. The molecule has 0 saturated carbocycles. The molecule has 0 spiro atoms. The normalized spacial score (nSPS) is 17.1. The van der Waals surface area contributed by atoms with Crippen molar-refractivity contribution in [2.75, 3.05) is 31.1 Å². The Bertz CT molecular complexity index is 1250. The second-order valence-electron chi connectivity index (χ2n) is 8.45. The predicted molar refractivity (Wildman–Crippen MR) is 140 cm³/mol. The summed E-state index contributed by atoms with van der Waals surface area (Å²) in [6.45, 7) is 2.54. The van der Waals surface area contributed by atoms with E-state index in [2.05, 4.69) is 29.2 Å². The maximum absolute atomic E-state index is 13.3. The van der Waals surface area contributed by atoms with Gasteiger partial charge in [-0.2, -0.15) is 0 Å². The molecule has 35 heavy (non-hydrogen) atoms. The van der Waals surface area contributed by atoms with E-state index in [1.807, 2.05) is 41.3 Å². The molecule has 3 aromatic carbocycles. The summed E-state index contributed by atoms with van der Waals surface area (Å²) < 4.78 is 0. The number of hydrogen-bond acceptors (Lipinski definition) is 4. The summed E-state index contributed by atoms with van der Waals surface area (Å²) in [5.74, 6) is -1.01. The van der Waals surface area contributed by atoms with Crippen LogP contribution in [-0.4, -0.2) is 47.8 Å². The lowest BCUT2D eigenvalue weighted by atomic mass is 9.96. The van der Waals surface area contributed by atoms with Crippen molar-refractivity contribution in [2.24, 2.45) is 0 Å². The molecule has 8 heteroatoms. The summed E-state index contributed by atoms with van der Waals surface area (Å²) in [6.07, 6.45) is 0. The maximum atomic E-state index is 13.3. The number of amides is 2. The Labute approximate surface area is 219 Å². The molecule has 0 atom stereocenters. The number of carbonyl (C=O) groups is 2. The molecule has 0 unspecified atom stereocenters. The van der Waals surface area contributed by atoms with E-state index >= 15 is 0 Å². The molecule has 5 nitrogen and oxygen atoms in total. The van der Waals surface area contributed by atoms with Crippen LogP contribution < -0.4 is 4.90 Å². The zero-order valence-electron chi connectivity index (χ0n) is 18.7. The monoisotopic (exact) mass is 525 g/mol. The number of piperazine rings is 1. The fraction of sp³-hybridized carbons (Fsp3) is 0.185. The van der Waals surface area contributed by atoms with Gasteiger partial charge in [-0.05, 0) is 29.3 Å². The molecule has 2 heterocycles. The molecule has 0 aromatic heterocycles. The lowest BCUT2D eigenvalue weighted by Gasteiger charge is -2.40. The van der Waals surface area contributed by atoms with Crippen molar-refractivity contribution < 1.29 is 9.59 Å². The minimum absolute atomic E-state index is 0.0720. The van der Waals surface area contributed by atoms with Crippen LogP contribution in [0.4, 0.5) is 5.69 Å².